The van der Waals surface area contributed by atoms with E-state index in [2.05, 4.69) is 24.8 Å². The Labute approximate surface area is 164 Å². The number of aromatic amines is 2. The highest BCUT2D eigenvalue weighted by atomic mass is 16.1. The van der Waals surface area contributed by atoms with Crippen molar-refractivity contribution in [2.24, 2.45) is 0 Å². The van der Waals surface area contributed by atoms with E-state index < -0.39 is 0 Å². The van der Waals surface area contributed by atoms with Crippen molar-refractivity contribution in [3.8, 4) is 0 Å². The van der Waals surface area contributed by atoms with Gasteiger partial charge in [-0.3, -0.25) is 14.4 Å². The van der Waals surface area contributed by atoms with Crippen LogP contribution in [0.15, 0.2) is 41.6 Å². The van der Waals surface area contributed by atoms with Crippen molar-refractivity contribution in [1.82, 2.24) is 29.3 Å². The van der Waals surface area contributed by atoms with Crippen LogP contribution in [0.2, 0.25) is 0 Å². The van der Waals surface area contributed by atoms with E-state index in [-0.39, 0.29) is 11.7 Å². The van der Waals surface area contributed by atoms with Gasteiger partial charge in [-0.1, -0.05) is 12.1 Å². The van der Waals surface area contributed by atoms with Gasteiger partial charge in [-0.2, -0.15) is 0 Å². The largest absolute Gasteiger partial charge is 0.347 e. The Morgan fingerprint density at radius 1 is 1.07 bits per heavy atom. The van der Waals surface area contributed by atoms with Gasteiger partial charge in [0.25, 0.3) is 0 Å². The van der Waals surface area contributed by atoms with Crippen LogP contribution in [0.25, 0.3) is 11.0 Å². The number of benzene rings is 1. The van der Waals surface area contributed by atoms with E-state index in [0.717, 1.165) is 50.1 Å². The lowest BCUT2D eigenvalue weighted by molar-refractivity contribution is -0.00987. The molecule has 2 aliphatic heterocycles. The monoisotopic (exact) mass is 380 g/mol. The van der Waals surface area contributed by atoms with E-state index in [4.69, 9.17) is 0 Å². The quantitative estimate of drug-likeness (QED) is 0.730. The first-order chi connectivity index (χ1) is 13.8. The van der Waals surface area contributed by atoms with E-state index >= 15 is 0 Å². The average molecular weight is 380 g/mol. The third-order valence-corrected chi connectivity index (χ3v) is 6.42. The third-order valence-electron chi connectivity index (χ3n) is 6.42. The van der Waals surface area contributed by atoms with E-state index in [1.165, 1.54) is 25.0 Å². The summed E-state index contributed by atoms with van der Waals surface area (Å²) in [7, 11) is 0. The molecule has 0 spiro atoms. The fourth-order valence-electron chi connectivity index (χ4n) is 5.04. The molecule has 7 nitrogen and oxygen atoms in total. The molecule has 2 saturated heterocycles. The highest BCUT2D eigenvalue weighted by Gasteiger charge is 2.32. The van der Waals surface area contributed by atoms with Gasteiger partial charge in [-0.25, -0.2) is 9.78 Å². The summed E-state index contributed by atoms with van der Waals surface area (Å²) in [4.78, 5) is 28.2. The van der Waals surface area contributed by atoms with Crippen LogP contribution in [0.3, 0.4) is 0 Å². The average Bonchev–Trinajstić information content (AvgIpc) is 3.35. The highest BCUT2D eigenvalue weighted by molar-refractivity contribution is 5.75. The lowest BCUT2D eigenvalue weighted by atomic mass is 10.00. The molecule has 1 unspecified atom stereocenters. The number of H-pyrrole nitrogens is 2. The fourth-order valence-corrected chi connectivity index (χ4v) is 5.04. The minimum absolute atomic E-state index is 0.0261. The van der Waals surface area contributed by atoms with Crippen LogP contribution >= 0.6 is 0 Å². The normalized spacial score (nSPS) is 22.8. The Morgan fingerprint density at radius 2 is 1.93 bits per heavy atom. The zero-order chi connectivity index (χ0) is 18.9. The molecule has 0 radical (unpaired) electrons. The Morgan fingerprint density at radius 3 is 2.75 bits per heavy atom. The number of fused-ring (bicyclic) bond motifs is 1. The molecule has 5 rings (SSSR count). The van der Waals surface area contributed by atoms with Crippen molar-refractivity contribution in [1.29, 1.82) is 0 Å². The molecule has 0 aliphatic carbocycles. The van der Waals surface area contributed by atoms with Crippen LogP contribution in [0.1, 0.15) is 43.8 Å². The summed E-state index contributed by atoms with van der Waals surface area (Å²) >= 11 is 0. The maximum absolute atomic E-state index is 12.5. The minimum atomic E-state index is 0.0261. The van der Waals surface area contributed by atoms with Gasteiger partial charge in [-0.15, -0.1) is 0 Å². The van der Waals surface area contributed by atoms with Gasteiger partial charge in [0.1, 0.15) is 0 Å². The number of nitrogens with zero attached hydrogens (tertiary/aromatic N) is 4. The number of piperidine rings is 2. The molecule has 2 aromatic heterocycles. The molecule has 2 aliphatic rings. The number of imidazole rings is 2. The summed E-state index contributed by atoms with van der Waals surface area (Å²) in [5, 5.41) is 0. The van der Waals surface area contributed by atoms with Crippen LogP contribution in [0.4, 0.5) is 0 Å². The van der Waals surface area contributed by atoms with Crippen LogP contribution in [-0.2, 0) is 6.54 Å². The van der Waals surface area contributed by atoms with Crippen molar-refractivity contribution in [3.63, 3.8) is 0 Å². The summed E-state index contributed by atoms with van der Waals surface area (Å²) in [6.07, 6.45) is 10.0. The summed E-state index contributed by atoms with van der Waals surface area (Å²) in [5.74, 6) is 0. The zero-order valence-electron chi connectivity index (χ0n) is 16.2. The van der Waals surface area contributed by atoms with E-state index in [1.807, 2.05) is 35.0 Å². The first-order valence-corrected chi connectivity index (χ1v) is 10.4. The van der Waals surface area contributed by atoms with E-state index in [9.17, 15) is 4.79 Å². The number of hydrogen-bond acceptors (Lipinski definition) is 4. The number of aromatic nitrogens is 4. The molecule has 0 saturated carbocycles. The van der Waals surface area contributed by atoms with Gasteiger partial charge >= 0.3 is 5.69 Å². The molecular weight excluding hydrogens is 352 g/mol. The van der Waals surface area contributed by atoms with Gasteiger partial charge in [0.15, 0.2) is 0 Å². The molecular formula is C21H28N6O. The summed E-state index contributed by atoms with van der Waals surface area (Å²) in [6, 6.07) is 8.30. The number of nitrogens with one attached hydrogen (secondary N) is 2. The summed E-state index contributed by atoms with van der Waals surface area (Å²) in [5.41, 5.74) is 3.18. The molecule has 0 amide bonds. The van der Waals surface area contributed by atoms with Crippen LogP contribution in [-0.4, -0.2) is 55.1 Å². The topological polar surface area (TPSA) is 73.0 Å². The van der Waals surface area contributed by atoms with Crippen molar-refractivity contribution >= 4 is 11.0 Å². The highest BCUT2D eigenvalue weighted by Crippen LogP contribution is 2.29. The molecule has 2 N–H and O–H groups in total. The zero-order valence-corrected chi connectivity index (χ0v) is 16.2. The fraction of sp³-hybridized carbons (Fsp3) is 0.524. The van der Waals surface area contributed by atoms with E-state index in [0.29, 0.717) is 6.17 Å². The van der Waals surface area contributed by atoms with E-state index in [1.54, 1.807) is 6.33 Å². The molecule has 28 heavy (non-hydrogen) atoms. The second-order valence-electron chi connectivity index (χ2n) is 8.11. The number of para-hydroxylation sites is 2. The molecule has 3 aromatic rings. The van der Waals surface area contributed by atoms with Crippen molar-refractivity contribution in [2.75, 3.05) is 19.6 Å². The third kappa shape index (κ3) is 3.29. The van der Waals surface area contributed by atoms with Gasteiger partial charge in [0, 0.05) is 44.1 Å². The molecule has 148 valence electrons. The maximum Gasteiger partial charge on any atom is 0.326 e. The smallest absolute Gasteiger partial charge is 0.326 e. The van der Waals surface area contributed by atoms with Crippen LogP contribution < -0.4 is 5.69 Å². The minimum Gasteiger partial charge on any atom is -0.347 e. The van der Waals surface area contributed by atoms with Crippen LogP contribution in [0, 0.1) is 0 Å². The Hall–Kier alpha value is -2.38. The molecule has 4 heterocycles. The van der Waals surface area contributed by atoms with Crippen molar-refractivity contribution < 1.29 is 0 Å². The molecule has 1 aromatic carbocycles. The molecule has 7 heteroatoms. The molecule has 2 fully saturated rings. The number of rotatable bonds is 4. The molecule has 0 bridgehead atoms. The lowest BCUT2D eigenvalue weighted by Crippen LogP contribution is -2.53. The standard InChI is InChI=1S/C21H28N6O/c28-21-24-18-5-1-2-6-19(18)27(21)17-8-11-25(12-9-17)20-7-3-4-10-26(20)14-16-13-22-15-23-16/h1-2,5-6,13,15,17,20H,3-4,7-12,14H2,(H,22,23)(H,24,28). The van der Waals surface area contributed by atoms with Gasteiger partial charge in [0.2, 0.25) is 0 Å². The predicted molar refractivity (Wildman–Crippen MR) is 109 cm³/mol. The van der Waals surface area contributed by atoms with Crippen LogP contribution in [0.5, 0.6) is 0 Å². The number of likely N-dealkylation sites (tertiary alicyclic amines) is 2. The molecule has 1 atom stereocenters. The Kier molecular flexibility index (Phi) is 4.78. The predicted octanol–water partition coefficient (Wildman–Crippen LogP) is 2.70. The number of hydrogen-bond donors (Lipinski definition) is 2. The Balaban J connectivity index is 1.29. The first kappa shape index (κ1) is 17.7. The Bertz CT molecular complexity index is 966. The van der Waals surface area contributed by atoms with Gasteiger partial charge < -0.3 is 9.97 Å². The van der Waals surface area contributed by atoms with Gasteiger partial charge in [-0.05, 0) is 44.2 Å². The SMILES string of the molecule is O=c1[nH]c2ccccc2n1C1CCN(C2CCCCN2Cc2cnc[nH]2)CC1. The first-order valence-electron chi connectivity index (χ1n) is 10.4. The van der Waals surface area contributed by atoms with Crippen molar-refractivity contribution in [3.05, 3.63) is 53.0 Å². The maximum atomic E-state index is 12.5. The second kappa shape index (κ2) is 7.56. The van der Waals surface area contributed by atoms with Crippen molar-refractivity contribution in [2.45, 2.75) is 50.9 Å². The summed E-state index contributed by atoms with van der Waals surface area (Å²) in [6.45, 7) is 4.17. The van der Waals surface area contributed by atoms with Gasteiger partial charge in [0.05, 0.1) is 23.5 Å². The lowest BCUT2D eigenvalue weighted by Gasteiger charge is -2.45. The summed E-state index contributed by atoms with van der Waals surface area (Å²) < 4.78 is 1.98. The second-order valence-corrected chi connectivity index (χ2v) is 8.11.